The quantitative estimate of drug-likeness (QED) is 0.542. The summed E-state index contributed by atoms with van der Waals surface area (Å²) in [5.74, 6) is 0.992. The van der Waals surface area contributed by atoms with Crippen molar-refractivity contribution in [1.29, 1.82) is 0 Å². The molecule has 0 unspecified atom stereocenters. The molecule has 5 heterocycles. The maximum absolute atomic E-state index is 13.3. The Hall–Kier alpha value is -1.70. The number of hydrogen-bond acceptors (Lipinski definition) is 6. The lowest BCUT2D eigenvalue weighted by Crippen LogP contribution is -2.47. The summed E-state index contributed by atoms with van der Waals surface area (Å²) in [5.41, 5.74) is 3.63. The molecule has 0 amide bonds. The monoisotopic (exact) mass is 425 g/mol. The van der Waals surface area contributed by atoms with Crippen molar-refractivity contribution in [3.05, 3.63) is 51.7 Å². The van der Waals surface area contributed by atoms with Crippen molar-refractivity contribution in [2.45, 2.75) is 56.4 Å². The smallest absolute Gasteiger partial charge is 0.255 e. The number of rotatable bonds is 5. The SMILES string of the molecule is CSc1ncc(CN2C[C@@H]3C[C@H](C2)c2ccc(CN4CCCCC4)c(=O)n2C3)cn1. The van der Waals surface area contributed by atoms with Gasteiger partial charge in [0.25, 0.3) is 5.56 Å². The Morgan fingerprint density at radius 3 is 2.57 bits per heavy atom. The van der Waals surface area contributed by atoms with Crippen molar-refractivity contribution in [2.24, 2.45) is 5.92 Å². The van der Waals surface area contributed by atoms with Crippen LogP contribution < -0.4 is 5.56 Å². The zero-order valence-corrected chi connectivity index (χ0v) is 18.6. The van der Waals surface area contributed by atoms with Crippen molar-refractivity contribution < 1.29 is 0 Å². The van der Waals surface area contributed by atoms with E-state index in [1.807, 2.05) is 18.6 Å². The van der Waals surface area contributed by atoms with Gasteiger partial charge in [0.15, 0.2) is 5.16 Å². The first-order valence-electron chi connectivity index (χ1n) is 11.2. The molecule has 2 bridgehead atoms. The van der Waals surface area contributed by atoms with E-state index in [9.17, 15) is 4.79 Å². The molecule has 5 rings (SSSR count). The Balaban J connectivity index is 1.31. The fourth-order valence-electron chi connectivity index (χ4n) is 5.49. The molecular formula is C23H31N5OS. The van der Waals surface area contributed by atoms with Gasteiger partial charge in [-0.1, -0.05) is 24.2 Å². The number of pyridine rings is 1. The highest BCUT2D eigenvalue weighted by molar-refractivity contribution is 7.98. The van der Waals surface area contributed by atoms with E-state index in [2.05, 4.69) is 36.5 Å². The van der Waals surface area contributed by atoms with Crippen LogP contribution in [0.1, 0.15) is 48.4 Å². The highest BCUT2D eigenvalue weighted by atomic mass is 32.2. The molecular weight excluding hydrogens is 394 g/mol. The molecule has 160 valence electrons. The van der Waals surface area contributed by atoms with Gasteiger partial charge in [0, 0.05) is 67.9 Å². The van der Waals surface area contributed by atoms with Gasteiger partial charge < -0.3 is 4.57 Å². The third-order valence-electron chi connectivity index (χ3n) is 6.87. The topological polar surface area (TPSA) is 54.3 Å². The van der Waals surface area contributed by atoms with Crippen molar-refractivity contribution in [2.75, 3.05) is 32.4 Å². The minimum atomic E-state index is 0.252. The zero-order valence-electron chi connectivity index (χ0n) is 17.8. The van der Waals surface area contributed by atoms with Crippen LogP contribution in [0.15, 0.2) is 34.5 Å². The van der Waals surface area contributed by atoms with Crippen molar-refractivity contribution in [3.63, 3.8) is 0 Å². The van der Waals surface area contributed by atoms with Crippen LogP contribution in [-0.4, -0.2) is 56.8 Å². The van der Waals surface area contributed by atoms with Crippen molar-refractivity contribution >= 4 is 11.8 Å². The van der Waals surface area contributed by atoms with Gasteiger partial charge >= 0.3 is 0 Å². The van der Waals surface area contributed by atoms with E-state index in [4.69, 9.17) is 0 Å². The van der Waals surface area contributed by atoms with Gasteiger partial charge in [-0.05, 0) is 50.6 Å². The molecule has 0 aromatic carbocycles. The maximum atomic E-state index is 13.3. The number of thioether (sulfide) groups is 1. The third kappa shape index (κ3) is 4.20. The Kier molecular flexibility index (Phi) is 5.94. The second kappa shape index (κ2) is 8.81. The lowest BCUT2D eigenvalue weighted by molar-refractivity contribution is 0.113. The molecule has 0 N–H and O–H groups in total. The molecule has 6 nitrogen and oxygen atoms in total. The van der Waals surface area contributed by atoms with Crippen molar-refractivity contribution in [1.82, 2.24) is 24.3 Å². The molecule has 2 fully saturated rings. The third-order valence-corrected chi connectivity index (χ3v) is 7.45. The van der Waals surface area contributed by atoms with Gasteiger partial charge in [-0.15, -0.1) is 0 Å². The standard InChI is InChI=1S/C23H31N5OS/c1-30-23-24-10-18(11-25-23)13-27-12-17-9-20(16-27)21-6-5-19(22(29)28(21)14-17)15-26-7-3-2-4-8-26/h5-6,10-11,17,20H,2-4,7-9,12-16H2,1H3/t17-,20+/m0/s1. The van der Waals surface area contributed by atoms with Crippen LogP contribution in [-0.2, 0) is 19.6 Å². The minimum Gasteiger partial charge on any atom is -0.312 e. The van der Waals surface area contributed by atoms with E-state index in [0.717, 1.165) is 56.5 Å². The lowest BCUT2D eigenvalue weighted by Gasteiger charge is -2.43. The van der Waals surface area contributed by atoms with E-state index in [1.54, 1.807) is 11.8 Å². The summed E-state index contributed by atoms with van der Waals surface area (Å²) in [6.07, 6.45) is 11.0. The van der Waals surface area contributed by atoms with Crippen LogP contribution in [0.4, 0.5) is 0 Å². The van der Waals surface area contributed by atoms with E-state index in [1.165, 1.54) is 36.9 Å². The molecule has 7 heteroatoms. The van der Waals surface area contributed by atoms with Crippen LogP contribution in [0, 0.1) is 5.92 Å². The molecule has 3 aliphatic rings. The number of aromatic nitrogens is 3. The van der Waals surface area contributed by atoms with E-state index < -0.39 is 0 Å². The molecule has 30 heavy (non-hydrogen) atoms. The minimum absolute atomic E-state index is 0.252. The Morgan fingerprint density at radius 1 is 1.00 bits per heavy atom. The highest BCUT2D eigenvalue weighted by Gasteiger charge is 2.35. The van der Waals surface area contributed by atoms with Crippen LogP contribution in [0.3, 0.4) is 0 Å². The van der Waals surface area contributed by atoms with Gasteiger partial charge in [0.2, 0.25) is 0 Å². The first kappa shape index (κ1) is 20.2. The lowest BCUT2D eigenvalue weighted by atomic mass is 9.83. The van der Waals surface area contributed by atoms with Gasteiger partial charge in [-0.2, -0.15) is 0 Å². The predicted octanol–water partition coefficient (Wildman–Crippen LogP) is 2.97. The van der Waals surface area contributed by atoms with Gasteiger partial charge in [-0.25, -0.2) is 9.97 Å². The molecule has 0 radical (unpaired) electrons. The fraction of sp³-hybridized carbons (Fsp3) is 0.609. The van der Waals surface area contributed by atoms with E-state index >= 15 is 0 Å². The van der Waals surface area contributed by atoms with Gasteiger partial charge in [0.1, 0.15) is 0 Å². The second-order valence-electron chi connectivity index (χ2n) is 9.11. The molecule has 2 aromatic heterocycles. The van der Waals surface area contributed by atoms with E-state index in [-0.39, 0.29) is 5.56 Å². The van der Waals surface area contributed by atoms with Crippen molar-refractivity contribution in [3.8, 4) is 0 Å². The first-order chi connectivity index (χ1) is 14.7. The highest BCUT2D eigenvalue weighted by Crippen LogP contribution is 2.35. The maximum Gasteiger partial charge on any atom is 0.255 e. The van der Waals surface area contributed by atoms with Crippen LogP contribution in [0.25, 0.3) is 0 Å². The van der Waals surface area contributed by atoms with E-state index in [0.29, 0.717) is 11.8 Å². The molecule has 2 aromatic rings. The normalized spacial score (nSPS) is 24.6. The molecule has 2 saturated heterocycles. The van der Waals surface area contributed by atoms with Gasteiger partial charge in [-0.3, -0.25) is 14.6 Å². The van der Waals surface area contributed by atoms with Crippen LogP contribution in [0.2, 0.25) is 0 Å². The Morgan fingerprint density at radius 2 is 1.80 bits per heavy atom. The predicted molar refractivity (Wildman–Crippen MR) is 120 cm³/mol. The molecule has 0 spiro atoms. The summed E-state index contributed by atoms with van der Waals surface area (Å²) < 4.78 is 2.10. The Labute approximate surface area is 182 Å². The summed E-state index contributed by atoms with van der Waals surface area (Å²) >= 11 is 1.57. The fourth-order valence-corrected chi connectivity index (χ4v) is 5.80. The number of nitrogens with zero attached hydrogens (tertiary/aromatic N) is 5. The average Bonchev–Trinajstić information content (AvgIpc) is 2.77. The summed E-state index contributed by atoms with van der Waals surface area (Å²) in [6.45, 7) is 6.86. The summed E-state index contributed by atoms with van der Waals surface area (Å²) in [5, 5.41) is 0.822. The largest absolute Gasteiger partial charge is 0.312 e. The molecule has 0 saturated carbocycles. The molecule has 3 aliphatic heterocycles. The number of piperidine rings is 2. The summed E-state index contributed by atoms with van der Waals surface area (Å²) in [6, 6.07) is 4.35. The number of likely N-dealkylation sites (tertiary alicyclic amines) is 2. The van der Waals surface area contributed by atoms with Crippen LogP contribution >= 0.6 is 11.8 Å². The van der Waals surface area contributed by atoms with Crippen LogP contribution in [0.5, 0.6) is 0 Å². The number of hydrogen-bond donors (Lipinski definition) is 0. The molecule has 2 atom stereocenters. The average molecular weight is 426 g/mol. The summed E-state index contributed by atoms with van der Waals surface area (Å²) in [4.78, 5) is 27.1. The zero-order chi connectivity index (χ0) is 20.5. The van der Waals surface area contributed by atoms with Gasteiger partial charge in [0.05, 0.1) is 0 Å². The molecule has 0 aliphatic carbocycles. The summed E-state index contributed by atoms with van der Waals surface area (Å²) in [7, 11) is 0. The Bertz CT molecular complexity index is 938. The second-order valence-corrected chi connectivity index (χ2v) is 9.88. The first-order valence-corrected chi connectivity index (χ1v) is 12.4. The number of fused-ring (bicyclic) bond motifs is 4.